The summed E-state index contributed by atoms with van der Waals surface area (Å²) in [5.41, 5.74) is 0.408. The number of aromatic carboxylic acids is 1. The van der Waals surface area contributed by atoms with Crippen molar-refractivity contribution in [2.75, 3.05) is 0 Å². The largest absolute Gasteiger partial charge is 0.483 e. The zero-order chi connectivity index (χ0) is 19.0. The Hall–Kier alpha value is -3.16. The third-order valence-corrected chi connectivity index (χ3v) is 3.46. The number of imidazole rings is 1. The number of carbonyl (C=O) groups excluding carboxylic acids is 1. The number of carbonyl (C=O) groups is 3. The molecule has 1 unspecified atom stereocenters. The minimum absolute atomic E-state index is 0.0886. The molecule has 3 N–H and O–H groups in total. The fourth-order valence-electron chi connectivity index (χ4n) is 2.22. The van der Waals surface area contributed by atoms with Crippen molar-refractivity contribution in [3.8, 4) is 0 Å². The van der Waals surface area contributed by atoms with Crippen molar-refractivity contribution in [2.24, 2.45) is 13.0 Å². The van der Waals surface area contributed by atoms with Gasteiger partial charge >= 0.3 is 5.97 Å². The van der Waals surface area contributed by atoms with E-state index >= 15 is 0 Å². The molecular weight excluding hydrogens is 326 g/mol. The smallest absolute Gasteiger partial charge is 0.335 e. The molecule has 2 rings (SSSR count). The van der Waals surface area contributed by atoms with Crippen LogP contribution in [0.2, 0.25) is 0 Å². The summed E-state index contributed by atoms with van der Waals surface area (Å²) >= 11 is 0. The SMILES string of the molecule is CC(C)C(NC(=O)c1cccc(C(=O)O)c1)c1nccn1C.O=CO. The van der Waals surface area contributed by atoms with Gasteiger partial charge in [-0.2, -0.15) is 0 Å². The summed E-state index contributed by atoms with van der Waals surface area (Å²) in [4.78, 5) is 36.0. The van der Waals surface area contributed by atoms with Gasteiger partial charge in [-0.15, -0.1) is 0 Å². The number of amides is 1. The number of aryl methyl sites for hydroxylation is 1. The topological polar surface area (TPSA) is 122 Å². The third kappa shape index (κ3) is 5.45. The number of hydrogen-bond donors (Lipinski definition) is 3. The summed E-state index contributed by atoms with van der Waals surface area (Å²) in [7, 11) is 1.87. The predicted octanol–water partition coefficient (Wildman–Crippen LogP) is 1.95. The highest BCUT2D eigenvalue weighted by Gasteiger charge is 2.22. The van der Waals surface area contributed by atoms with E-state index in [2.05, 4.69) is 10.3 Å². The van der Waals surface area contributed by atoms with Gasteiger partial charge in [0, 0.05) is 25.0 Å². The molecule has 0 radical (unpaired) electrons. The summed E-state index contributed by atoms with van der Waals surface area (Å²) < 4.78 is 1.86. The molecule has 2 aromatic rings. The van der Waals surface area contributed by atoms with Gasteiger partial charge in [0.05, 0.1) is 11.6 Å². The molecule has 0 aliphatic rings. The average molecular weight is 347 g/mol. The first-order valence-corrected chi connectivity index (χ1v) is 7.51. The van der Waals surface area contributed by atoms with Crippen LogP contribution in [0.3, 0.4) is 0 Å². The van der Waals surface area contributed by atoms with Gasteiger partial charge in [-0.25, -0.2) is 9.78 Å². The highest BCUT2D eigenvalue weighted by Crippen LogP contribution is 2.20. The number of carboxylic acids is 1. The van der Waals surface area contributed by atoms with Crippen molar-refractivity contribution in [1.82, 2.24) is 14.9 Å². The first-order valence-electron chi connectivity index (χ1n) is 7.51. The maximum Gasteiger partial charge on any atom is 0.335 e. The van der Waals surface area contributed by atoms with Gasteiger partial charge in [0.15, 0.2) is 0 Å². The van der Waals surface area contributed by atoms with E-state index in [4.69, 9.17) is 15.0 Å². The lowest BCUT2D eigenvalue weighted by Gasteiger charge is -2.22. The van der Waals surface area contributed by atoms with Crippen LogP contribution in [0.5, 0.6) is 0 Å². The quantitative estimate of drug-likeness (QED) is 0.711. The molecule has 0 aliphatic heterocycles. The molecule has 0 saturated carbocycles. The Labute approximate surface area is 145 Å². The van der Waals surface area contributed by atoms with Crippen molar-refractivity contribution in [1.29, 1.82) is 0 Å². The van der Waals surface area contributed by atoms with Crippen LogP contribution in [-0.2, 0) is 11.8 Å². The number of carboxylic acid groups (broad SMARTS) is 2. The van der Waals surface area contributed by atoms with Crippen LogP contribution >= 0.6 is 0 Å². The van der Waals surface area contributed by atoms with E-state index in [0.717, 1.165) is 5.82 Å². The lowest BCUT2D eigenvalue weighted by atomic mass is 10.0. The highest BCUT2D eigenvalue weighted by molar-refractivity contribution is 5.97. The number of hydrogen-bond acceptors (Lipinski definition) is 4. The molecule has 8 heteroatoms. The van der Waals surface area contributed by atoms with Gasteiger partial charge < -0.3 is 20.1 Å². The number of nitrogens with zero attached hydrogens (tertiary/aromatic N) is 2. The molecule has 8 nitrogen and oxygen atoms in total. The molecule has 1 heterocycles. The Morgan fingerprint density at radius 1 is 1.28 bits per heavy atom. The van der Waals surface area contributed by atoms with Gasteiger partial charge in [0.1, 0.15) is 5.82 Å². The normalized spacial score (nSPS) is 11.2. The van der Waals surface area contributed by atoms with E-state index in [0.29, 0.717) is 5.56 Å². The Bertz CT molecular complexity index is 739. The maximum absolute atomic E-state index is 12.4. The lowest BCUT2D eigenvalue weighted by molar-refractivity contribution is -0.122. The van der Waals surface area contributed by atoms with Crippen molar-refractivity contribution in [2.45, 2.75) is 19.9 Å². The summed E-state index contributed by atoms with van der Waals surface area (Å²) in [6.07, 6.45) is 3.50. The molecule has 0 fully saturated rings. The van der Waals surface area contributed by atoms with Gasteiger partial charge in [-0.1, -0.05) is 19.9 Å². The second-order valence-electron chi connectivity index (χ2n) is 5.58. The number of aromatic nitrogens is 2. The van der Waals surface area contributed by atoms with E-state index in [1.807, 2.05) is 31.7 Å². The molecule has 25 heavy (non-hydrogen) atoms. The van der Waals surface area contributed by atoms with Crippen molar-refractivity contribution in [3.63, 3.8) is 0 Å². The standard InChI is InChI=1S/C16H19N3O3.CH2O2/c1-10(2)13(14-17-7-8-19(14)3)18-15(20)11-5-4-6-12(9-11)16(21)22;2-1-3/h4-10,13H,1-3H3,(H,18,20)(H,21,22);1H,(H,2,3). The van der Waals surface area contributed by atoms with Crippen LogP contribution in [-0.4, -0.2) is 38.1 Å². The van der Waals surface area contributed by atoms with Crippen LogP contribution in [0.15, 0.2) is 36.7 Å². The molecule has 134 valence electrons. The molecule has 1 aromatic heterocycles. The molecule has 0 saturated heterocycles. The number of rotatable bonds is 5. The van der Waals surface area contributed by atoms with Gasteiger partial charge in [0.25, 0.3) is 12.4 Å². The van der Waals surface area contributed by atoms with Gasteiger partial charge in [-0.05, 0) is 24.1 Å². The Morgan fingerprint density at radius 3 is 2.36 bits per heavy atom. The summed E-state index contributed by atoms with van der Waals surface area (Å²) in [6, 6.07) is 5.73. The van der Waals surface area contributed by atoms with E-state index < -0.39 is 5.97 Å². The zero-order valence-corrected chi connectivity index (χ0v) is 14.2. The van der Waals surface area contributed by atoms with E-state index in [1.54, 1.807) is 18.3 Å². The first kappa shape index (κ1) is 19.9. The second kappa shape index (κ2) is 9.21. The van der Waals surface area contributed by atoms with E-state index in [-0.39, 0.29) is 29.9 Å². The fraction of sp³-hybridized carbons (Fsp3) is 0.294. The van der Waals surface area contributed by atoms with Crippen molar-refractivity contribution >= 4 is 18.3 Å². The molecule has 0 aliphatic carbocycles. The maximum atomic E-state index is 12.4. The van der Waals surface area contributed by atoms with Crippen LogP contribution in [0.25, 0.3) is 0 Å². The average Bonchev–Trinajstić information content (AvgIpc) is 2.98. The van der Waals surface area contributed by atoms with Crippen molar-refractivity contribution < 1.29 is 24.6 Å². The lowest BCUT2D eigenvalue weighted by Crippen LogP contribution is -2.33. The number of benzene rings is 1. The minimum atomic E-state index is -1.06. The Kier molecular flexibility index (Phi) is 7.33. The van der Waals surface area contributed by atoms with Crippen molar-refractivity contribution in [3.05, 3.63) is 53.6 Å². The molecule has 1 aromatic carbocycles. The van der Waals surface area contributed by atoms with Gasteiger partial charge in [-0.3, -0.25) is 9.59 Å². The second-order valence-corrected chi connectivity index (χ2v) is 5.58. The van der Waals surface area contributed by atoms with Gasteiger partial charge in [0.2, 0.25) is 0 Å². The van der Waals surface area contributed by atoms with Crippen LogP contribution < -0.4 is 5.32 Å². The zero-order valence-electron chi connectivity index (χ0n) is 14.2. The summed E-state index contributed by atoms with van der Waals surface area (Å²) in [6.45, 7) is 3.74. The van der Waals surface area contributed by atoms with E-state index in [1.165, 1.54) is 12.1 Å². The fourth-order valence-corrected chi connectivity index (χ4v) is 2.22. The van der Waals surface area contributed by atoms with Crippen LogP contribution in [0.1, 0.15) is 46.4 Å². The predicted molar refractivity (Wildman–Crippen MR) is 90.3 cm³/mol. The Morgan fingerprint density at radius 2 is 1.88 bits per heavy atom. The number of nitrogens with one attached hydrogen (secondary N) is 1. The summed E-state index contributed by atoms with van der Waals surface area (Å²) in [5, 5.41) is 18.8. The molecule has 0 spiro atoms. The van der Waals surface area contributed by atoms with Crippen LogP contribution in [0, 0.1) is 5.92 Å². The van der Waals surface area contributed by atoms with E-state index in [9.17, 15) is 9.59 Å². The molecule has 1 atom stereocenters. The van der Waals surface area contributed by atoms with Crippen LogP contribution in [0.4, 0.5) is 0 Å². The molecular formula is C17H21N3O5. The monoisotopic (exact) mass is 347 g/mol. The third-order valence-electron chi connectivity index (χ3n) is 3.46. The molecule has 1 amide bonds. The minimum Gasteiger partial charge on any atom is -0.483 e. The molecule has 0 bridgehead atoms. The Balaban J connectivity index is 0.000000970. The first-order chi connectivity index (χ1) is 11.8. The summed E-state index contributed by atoms with van der Waals surface area (Å²) in [5.74, 6) is -0.464. The highest BCUT2D eigenvalue weighted by atomic mass is 16.4.